The molecule has 0 aliphatic heterocycles. The Morgan fingerprint density at radius 3 is 3.11 bits per heavy atom. The first-order valence-corrected chi connectivity index (χ1v) is 3.15. The van der Waals surface area contributed by atoms with Gasteiger partial charge in [0, 0.05) is 5.38 Å². The zero-order chi connectivity index (χ0) is 6.69. The quantitative estimate of drug-likeness (QED) is 0.579. The number of carbonyl (C=O) groups excluding carboxylic acids is 1. The fourth-order valence-corrected chi connectivity index (χ4v) is 1.07. The minimum absolute atomic E-state index is 0.412. The maximum atomic E-state index is 10.1. The Kier molecular flexibility index (Phi) is 1.79. The molecule has 0 aliphatic carbocycles. The van der Waals surface area contributed by atoms with Crippen molar-refractivity contribution in [1.29, 1.82) is 0 Å². The fourth-order valence-electron chi connectivity index (χ4n) is 0.467. The van der Waals surface area contributed by atoms with Crippen molar-refractivity contribution in [3.8, 4) is 5.88 Å². The molecule has 0 amide bonds. The van der Waals surface area contributed by atoms with Crippen molar-refractivity contribution in [2.75, 3.05) is 7.11 Å². The Labute approximate surface area is 56.4 Å². The van der Waals surface area contributed by atoms with Crippen LogP contribution < -0.4 is 4.74 Å². The van der Waals surface area contributed by atoms with Crippen LogP contribution in [0.4, 0.5) is 0 Å². The molecule has 48 valence electrons. The largest absolute Gasteiger partial charge is 0.480 e. The Hall–Kier alpha value is -0.900. The molecule has 4 heteroatoms. The molecule has 0 saturated heterocycles. The van der Waals surface area contributed by atoms with Crippen molar-refractivity contribution >= 4 is 17.8 Å². The predicted molar refractivity (Wildman–Crippen MR) is 34.1 cm³/mol. The second-order valence-corrected chi connectivity index (χ2v) is 2.03. The number of rotatable bonds is 2. The molecule has 0 bridgehead atoms. The van der Waals surface area contributed by atoms with E-state index in [2.05, 4.69) is 4.37 Å². The molecule has 1 aromatic rings. The van der Waals surface area contributed by atoms with Crippen molar-refractivity contribution in [2.24, 2.45) is 0 Å². The van der Waals surface area contributed by atoms with Gasteiger partial charge in [-0.15, -0.1) is 0 Å². The molecule has 3 nitrogen and oxygen atoms in total. The molecule has 0 atom stereocenters. The lowest BCUT2D eigenvalue weighted by molar-refractivity contribution is 0.112. The highest BCUT2D eigenvalue weighted by atomic mass is 32.1. The van der Waals surface area contributed by atoms with Gasteiger partial charge in [-0.3, -0.25) is 4.79 Å². The van der Waals surface area contributed by atoms with Gasteiger partial charge < -0.3 is 4.74 Å². The molecule has 1 rings (SSSR count). The normalized spacial score (nSPS) is 9.00. The number of aromatic nitrogens is 1. The summed E-state index contributed by atoms with van der Waals surface area (Å²) in [5, 5.41) is 1.64. The second kappa shape index (κ2) is 2.59. The molecule has 0 fully saturated rings. The summed E-state index contributed by atoms with van der Waals surface area (Å²) in [5.41, 5.74) is 0.516. The van der Waals surface area contributed by atoms with Crippen LogP contribution in [0.2, 0.25) is 0 Å². The van der Waals surface area contributed by atoms with Crippen LogP contribution >= 0.6 is 11.5 Å². The summed E-state index contributed by atoms with van der Waals surface area (Å²) in [6.07, 6.45) is 0.725. The van der Waals surface area contributed by atoms with Crippen LogP contribution in [0.1, 0.15) is 10.4 Å². The van der Waals surface area contributed by atoms with Gasteiger partial charge in [-0.05, 0) is 11.5 Å². The van der Waals surface area contributed by atoms with Crippen LogP contribution in [0.5, 0.6) is 5.88 Å². The minimum atomic E-state index is 0.412. The lowest BCUT2D eigenvalue weighted by atomic mass is 10.4. The summed E-state index contributed by atoms with van der Waals surface area (Å²) < 4.78 is 8.54. The zero-order valence-electron chi connectivity index (χ0n) is 4.83. The van der Waals surface area contributed by atoms with E-state index in [9.17, 15) is 4.79 Å². The van der Waals surface area contributed by atoms with Gasteiger partial charge in [-0.25, -0.2) is 0 Å². The topological polar surface area (TPSA) is 39.2 Å². The molecule has 1 aromatic heterocycles. The number of ether oxygens (including phenoxy) is 1. The van der Waals surface area contributed by atoms with E-state index in [1.807, 2.05) is 0 Å². The highest BCUT2D eigenvalue weighted by molar-refractivity contribution is 7.04. The first-order chi connectivity index (χ1) is 4.38. The Morgan fingerprint density at radius 2 is 2.67 bits per heavy atom. The molecular weight excluding hydrogens is 138 g/mol. The van der Waals surface area contributed by atoms with Gasteiger partial charge in [0.25, 0.3) is 0 Å². The third kappa shape index (κ3) is 1.08. The van der Waals surface area contributed by atoms with E-state index < -0.39 is 0 Å². The highest BCUT2D eigenvalue weighted by Crippen LogP contribution is 2.14. The molecule has 0 radical (unpaired) electrons. The first kappa shape index (κ1) is 6.22. The number of hydrogen-bond acceptors (Lipinski definition) is 4. The van der Waals surface area contributed by atoms with E-state index in [0.29, 0.717) is 11.4 Å². The van der Waals surface area contributed by atoms with Crippen LogP contribution in [0.3, 0.4) is 0 Å². The summed E-state index contributed by atoms with van der Waals surface area (Å²) in [6.45, 7) is 0. The van der Waals surface area contributed by atoms with E-state index >= 15 is 0 Å². The molecule has 0 aliphatic rings. The van der Waals surface area contributed by atoms with E-state index in [1.165, 1.54) is 18.6 Å². The van der Waals surface area contributed by atoms with Crippen molar-refractivity contribution in [3.05, 3.63) is 10.9 Å². The lowest BCUT2D eigenvalue weighted by Gasteiger charge is -1.89. The molecule has 0 saturated carbocycles. The Morgan fingerprint density at radius 1 is 1.89 bits per heavy atom. The molecule has 0 spiro atoms. The molecule has 0 unspecified atom stereocenters. The summed E-state index contributed by atoms with van der Waals surface area (Å²) >= 11 is 1.21. The molecule has 9 heavy (non-hydrogen) atoms. The van der Waals surface area contributed by atoms with Gasteiger partial charge in [-0.2, -0.15) is 4.37 Å². The summed E-state index contributed by atoms with van der Waals surface area (Å²) in [5.74, 6) is 0.412. The number of carbonyl (C=O) groups is 1. The molecule has 0 aromatic carbocycles. The maximum absolute atomic E-state index is 10.1. The van der Waals surface area contributed by atoms with Crippen molar-refractivity contribution in [3.63, 3.8) is 0 Å². The molecular formula is C5H5NO2S. The van der Waals surface area contributed by atoms with Gasteiger partial charge in [0.1, 0.15) is 0 Å². The van der Waals surface area contributed by atoms with E-state index in [-0.39, 0.29) is 0 Å². The predicted octanol–water partition coefficient (Wildman–Crippen LogP) is 0.964. The summed E-state index contributed by atoms with van der Waals surface area (Å²) in [4.78, 5) is 10.1. The lowest BCUT2D eigenvalue weighted by Crippen LogP contribution is -1.85. The Balaban J connectivity index is 2.98. The number of aldehydes is 1. The van der Waals surface area contributed by atoms with E-state index in [4.69, 9.17) is 4.74 Å². The SMILES string of the molecule is COc1nscc1C=O. The van der Waals surface area contributed by atoms with Crippen LogP contribution in [-0.2, 0) is 0 Å². The van der Waals surface area contributed by atoms with Gasteiger partial charge >= 0.3 is 0 Å². The first-order valence-electron chi connectivity index (χ1n) is 2.32. The summed E-state index contributed by atoms with van der Waals surface area (Å²) in [6, 6.07) is 0. The van der Waals surface area contributed by atoms with Crippen molar-refractivity contribution in [1.82, 2.24) is 4.37 Å². The second-order valence-electron chi connectivity index (χ2n) is 1.40. The Bertz CT molecular complexity index is 208. The fraction of sp³-hybridized carbons (Fsp3) is 0.200. The van der Waals surface area contributed by atoms with Gasteiger partial charge in [0.15, 0.2) is 6.29 Å². The average molecular weight is 143 g/mol. The van der Waals surface area contributed by atoms with Gasteiger partial charge in [0.05, 0.1) is 12.7 Å². The van der Waals surface area contributed by atoms with Crippen molar-refractivity contribution < 1.29 is 9.53 Å². The third-order valence-corrected chi connectivity index (χ3v) is 1.51. The maximum Gasteiger partial charge on any atom is 0.235 e. The third-order valence-electron chi connectivity index (χ3n) is 0.883. The van der Waals surface area contributed by atoms with Gasteiger partial charge in [0.2, 0.25) is 5.88 Å². The van der Waals surface area contributed by atoms with Crippen LogP contribution in [0, 0.1) is 0 Å². The number of nitrogens with zero attached hydrogens (tertiary/aromatic N) is 1. The van der Waals surface area contributed by atoms with E-state index in [1.54, 1.807) is 5.38 Å². The average Bonchev–Trinajstić information content (AvgIpc) is 2.33. The van der Waals surface area contributed by atoms with Crippen molar-refractivity contribution in [2.45, 2.75) is 0 Å². The summed E-state index contributed by atoms with van der Waals surface area (Å²) in [7, 11) is 1.49. The molecule has 1 heterocycles. The van der Waals surface area contributed by atoms with E-state index in [0.717, 1.165) is 6.29 Å². The van der Waals surface area contributed by atoms with Gasteiger partial charge in [-0.1, -0.05) is 0 Å². The highest BCUT2D eigenvalue weighted by Gasteiger charge is 2.01. The van der Waals surface area contributed by atoms with Crippen LogP contribution in [0.25, 0.3) is 0 Å². The van der Waals surface area contributed by atoms with Crippen LogP contribution in [0.15, 0.2) is 5.38 Å². The standard InChI is InChI=1S/C5H5NO2S/c1-8-5-4(2-7)3-9-6-5/h2-3H,1H3. The number of methoxy groups -OCH3 is 1. The van der Waals surface area contributed by atoms with Crippen LogP contribution in [-0.4, -0.2) is 17.8 Å². The smallest absolute Gasteiger partial charge is 0.235 e. The molecule has 0 N–H and O–H groups in total. The monoisotopic (exact) mass is 143 g/mol. The minimum Gasteiger partial charge on any atom is -0.480 e. The number of hydrogen-bond donors (Lipinski definition) is 0. The zero-order valence-corrected chi connectivity index (χ0v) is 5.64.